The van der Waals surface area contributed by atoms with Gasteiger partial charge in [-0.1, -0.05) is 19.9 Å². The summed E-state index contributed by atoms with van der Waals surface area (Å²) in [6.07, 6.45) is -3.59. The fourth-order valence-electron chi connectivity index (χ4n) is 2.59. The van der Waals surface area contributed by atoms with Crippen LogP contribution in [-0.2, 0) is 6.18 Å². The molecule has 0 bridgehead atoms. The highest BCUT2D eigenvalue weighted by atomic mass is 19.4. The first-order valence-electron chi connectivity index (χ1n) is 7.83. The highest BCUT2D eigenvalue weighted by molar-refractivity contribution is 5.94. The normalized spacial score (nSPS) is 18.0. The molecule has 23 heavy (non-hydrogen) atoms. The summed E-state index contributed by atoms with van der Waals surface area (Å²) in [5.41, 5.74) is -0.504. The zero-order valence-electron chi connectivity index (χ0n) is 14.4. The van der Waals surface area contributed by atoms with Gasteiger partial charge in [0.05, 0.1) is 5.56 Å². The van der Waals surface area contributed by atoms with Crippen molar-refractivity contribution < 1.29 is 18.0 Å². The van der Waals surface area contributed by atoms with Gasteiger partial charge < -0.3 is 9.80 Å². The number of hydrogen-bond donors (Lipinski definition) is 0. The van der Waals surface area contributed by atoms with E-state index in [9.17, 15) is 18.0 Å². The van der Waals surface area contributed by atoms with E-state index in [-0.39, 0.29) is 23.1 Å². The highest BCUT2D eigenvalue weighted by Gasteiger charge is 2.34. The molecule has 1 aromatic rings. The number of carbonyl (C=O) groups is 1. The Balaban J connectivity index is 0.00000127. The number of alkyl halides is 3. The fraction of sp³-hybridized carbons (Fsp3) is 0.588. The van der Waals surface area contributed by atoms with Crippen molar-refractivity contribution in [3.05, 3.63) is 34.9 Å². The number of nitrogens with zero attached hydrogens (tertiary/aromatic N) is 2. The molecule has 0 aliphatic carbocycles. The summed E-state index contributed by atoms with van der Waals surface area (Å²) in [5.74, 6) is -0.329. The van der Waals surface area contributed by atoms with Crippen molar-refractivity contribution in [3.8, 4) is 0 Å². The lowest BCUT2D eigenvalue weighted by atomic mass is 10.0. The SMILES string of the molecule is CC.Cc1ccc(C(=O)N2CCC(N(C)C)C2)cc1C(F)(F)F. The van der Waals surface area contributed by atoms with Gasteiger partial charge in [0.1, 0.15) is 0 Å². The van der Waals surface area contributed by atoms with E-state index in [1.165, 1.54) is 19.1 Å². The van der Waals surface area contributed by atoms with E-state index >= 15 is 0 Å². The summed E-state index contributed by atoms with van der Waals surface area (Å²) in [4.78, 5) is 16.0. The molecular weight excluding hydrogens is 305 g/mol. The number of halogens is 3. The Kier molecular flexibility index (Phi) is 6.62. The van der Waals surface area contributed by atoms with Crippen molar-refractivity contribution in [2.24, 2.45) is 0 Å². The van der Waals surface area contributed by atoms with E-state index in [1.54, 1.807) is 4.90 Å². The summed E-state index contributed by atoms with van der Waals surface area (Å²) in [6.45, 7) is 6.53. The van der Waals surface area contributed by atoms with Crippen LogP contribution in [0.2, 0.25) is 0 Å². The van der Waals surface area contributed by atoms with E-state index in [0.29, 0.717) is 13.1 Å². The third-order valence-electron chi connectivity index (χ3n) is 3.97. The molecule has 0 radical (unpaired) electrons. The lowest BCUT2D eigenvalue weighted by molar-refractivity contribution is -0.138. The Bertz CT molecular complexity index is 541. The molecule has 1 saturated heterocycles. The monoisotopic (exact) mass is 330 g/mol. The second-order valence-electron chi connectivity index (χ2n) is 5.68. The van der Waals surface area contributed by atoms with Crippen molar-refractivity contribution in [2.75, 3.05) is 27.2 Å². The average Bonchev–Trinajstić information content (AvgIpc) is 2.98. The fourth-order valence-corrected chi connectivity index (χ4v) is 2.59. The van der Waals surface area contributed by atoms with Crippen LogP contribution >= 0.6 is 0 Å². The number of rotatable bonds is 2. The predicted octanol–water partition coefficient (Wildman–Crippen LogP) is 3.82. The second kappa shape index (κ2) is 7.81. The standard InChI is InChI=1S/C15H19F3N2O.C2H6/c1-10-4-5-11(8-13(10)15(16,17)18)14(21)20-7-6-12(9-20)19(2)3;1-2/h4-5,8,12H,6-7,9H2,1-3H3;1-2H3. The number of carbonyl (C=O) groups excluding carboxylic acids is 1. The molecule has 0 saturated carbocycles. The molecule has 0 spiro atoms. The lowest BCUT2D eigenvalue weighted by Crippen LogP contribution is -2.34. The van der Waals surface area contributed by atoms with E-state index < -0.39 is 11.7 Å². The van der Waals surface area contributed by atoms with Gasteiger partial charge in [-0.25, -0.2) is 0 Å². The van der Waals surface area contributed by atoms with Crippen molar-refractivity contribution >= 4 is 5.91 Å². The third-order valence-corrected chi connectivity index (χ3v) is 3.97. The molecule has 6 heteroatoms. The van der Waals surface area contributed by atoms with Crippen LogP contribution in [0.4, 0.5) is 13.2 Å². The molecule has 1 unspecified atom stereocenters. The van der Waals surface area contributed by atoms with Crippen molar-refractivity contribution in [3.63, 3.8) is 0 Å². The molecular formula is C17H25F3N2O. The molecule has 130 valence electrons. The number of likely N-dealkylation sites (N-methyl/N-ethyl adjacent to an activating group) is 1. The minimum absolute atomic E-state index is 0.104. The number of amides is 1. The van der Waals surface area contributed by atoms with Crippen molar-refractivity contribution in [1.82, 2.24) is 9.80 Å². The van der Waals surface area contributed by atoms with Crippen LogP contribution < -0.4 is 0 Å². The summed E-state index contributed by atoms with van der Waals surface area (Å²) < 4.78 is 38.7. The third kappa shape index (κ3) is 4.70. The molecule has 1 atom stereocenters. The van der Waals surface area contributed by atoms with Gasteiger partial charge in [0, 0.05) is 24.7 Å². The first-order valence-corrected chi connectivity index (χ1v) is 7.83. The minimum atomic E-state index is -4.43. The Labute approximate surface area is 136 Å². The van der Waals surface area contributed by atoms with E-state index in [2.05, 4.69) is 0 Å². The molecule has 0 N–H and O–H groups in total. The number of hydrogen-bond acceptors (Lipinski definition) is 2. The molecule has 1 fully saturated rings. The Morgan fingerprint density at radius 2 is 1.87 bits per heavy atom. The topological polar surface area (TPSA) is 23.6 Å². The summed E-state index contributed by atoms with van der Waals surface area (Å²) in [6, 6.07) is 4.05. The van der Waals surface area contributed by atoms with Crippen molar-refractivity contribution in [1.29, 1.82) is 0 Å². The van der Waals surface area contributed by atoms with Crippen LogP contribution in [-0.4, -0.2) is 48.9 Å². The van der Waals surface area contributed by atoms with Gasteiger partial charge in [0.25, 0.3) is 5.91 Å². The van der Waals surface area contributed by atoms with Crippen LogP contribution in [0.25, 0.3) is 0 Å². The van der Waals surface area contributed by atoms with Crippen LogP contribution in [0.1, 0.15) is 41.8 Å². The van der Waals surface area contributed by atoms with Gasteiger partial charge in [0.2, 0.25) is 0 Å². The van der Waals surface area contributed by atoms with Crippen LogP contribution in [0.5, 0.6) is 0 Å². The predicted molar refractivity (Wildman–Crippen MR) is 85.5 cm³/mol. The molecule has 1 heterocycles. The van der Waals surface area contributed by atoms with Gasteiger partial charge in [-0.15, -0.1) is 0 Å². The Morgan fingerprint density at radius 1 is 1.26 bits per heavy atom. The zero-order valence-corrected chi connectivity index (χ0v) is 14.4. The zero-order chi connectivity index (χ0) is 17.8. The summed E-state index contributed by atoms with van der Waals surface area (Å²) in [7, 11) is 3.87. The lowest BCUT2D eigenvalue weighted by Gasteiger charge is -2.21. The maximum absolute atomic E-state index is 12.9. The van der Waals surface area contributed by atoms with Crippen LogP contribution in [0.3, 0.4) is 0 Å². The van der Waals surface area contributed by atoms with Crippen LogP contribution in [0, 0.1) is 6.92 Å². The number of likely N-dealkylation sites (tertiary alicyclic amines) is 1. The van der Waals surface area contributed by atoms with E-state index in [1.807, 2.05) is 32.8 Å². The maximum atomic E-state index is 12.9. The van der Waals surface area contributed by atoms with Gasteiger partial charge in [-0.3, -0.25) is 4.79 Å². The average molecular weight is 330 g/mol. The largest absolute Gasteiger partial charge is 0.416 e. The van der Waals surface area contributed by atoms with Gasteiger partial charge >= 0.3 is 6.18 Å². The molecule has 2 rings (SSSR count). The van der Waals surface area contributed by atoms with Crippen molar-refractivity contribution in [2.45, 2.75) is 39.4 Å². The summed E-state index contributed by atoms with van der Waals surface area (Å²) in [5, 5.41) is 0. The first-order chi connectivity index (χ1) is 10.7. The molecule has 1 aromatic carbocycles. The van der Waals surface area contributed by atoms with Gasteiger partial charge in [0.15, 0.2) is 0 Å². The first kappa shape index (κ1) is 19.5. The molecule has 1 amide bonds. The quantitative estimate of drug-likeness (QED) is 0.823. The Hall–Kier alpha value is -1.56. The molecule has 1 aliphatic rings. The van der Waals surface area contributed by atoms with Gasteiger partial charge in [-0.05, 0) is 45.1 Å². The Morgan fingerprint density at radius 3 is 2.35 bits per heavy atom. The minimum Gasteiger partial charge on any atom is -0.337 e. The van der Waals surface area contributed by atoms with Crippen LogP contribution in [0.15, 0.2) is 18.2 Å². The number of benzene rings is 1. The van der Waals surface area contributed by atoms with E-state index in [0.717, 1.165) is 12.5 Å². The second-order valence-corrected chi connectivity index (χ2v) is 5.68. The van der Waals surface area contributed by atoms with E-state index in [4.69, 9.17) is 0 Å². The molecule has 3 nitrogen and oxygen atoms in total. The maximum Gasteiger partial charge on any atom is 0.416 e. The molecule has 1 aliphatic heterocycles. The highest BCUT2D eigenvalue weighted by Crippen LogP contribution is 2.32. The molecule has 0 aromatic heterocycles. The number of aryl methyl sites for hydroxylation is 1. The summed E-state index contributed by atoms with van der Waals surface area (Å²) >= 11 is 0. The van der Waals surface area contributed by atoms with Gasteiger partial charge in [-0.2, -0.15) is 13.2 Å². The smallest absolute Gasteiger partial charge is 0.337 e.